The standard InChI is InChI=1S/C27H27F6N7O2/c1-3-23(41)35-17-5-4-6-18(13-17)36-24-20(27(31,32)33)15-34-25(38-24)37-19-7-8-21(22(14-19)42-2)40-11-9-39(10-12-40)16-26(28,29)30/h3-8,13-15H,1,9-12,16H2,2H3,(H,35,41)(H2,34,36,37,38). The molecule has 1 saturated heterocycles. The molecule has 1 aliphatic rings. The normalized spacial score (nSPS) is 14.3. The Bertz CT molecular complexity index is 1420. The van der Waals surface area contributed by atoms with Gasteiger partial charge in [-0.05, 0) is 36.4 Å². The Kier molecular flexibility index (Phi) is 9.09. The van der Waals surface area contributed by atoms with Gasteiger partial charge in [0, 0.05) is 55.5 Å². The van der Waals surface area contributed by atoms with E-state index in [2.05, 4.69) is 32.5 Å². The Balaban J connectivity index is 1.53. The highest BCUT2D eigenvalue weighted by molar-refractivity contribution is 5.99. The van der Waals surface area contributed by atoms with E-state index in [1.165, 1.54) is 24.1 Å². The summed E-state index contributed by atoms with van der Waals surface area (Å²) in [5.74, 6) is -0.737. The minimum absolute atomic E-state index is 0.141. The lowest BCUT2D eigenvalue weighted by atomic mass is 10.2. The highest BCUT2D eigenvalue weighted by Crippen LogP contribution is 2.37. The number of nitrogens with zero attached hydrogens (tertiary/aromatic N) is 4. The zero-order valence-corrected chi connectivity index (χ0v) is 22.3. The van der Waals surface area contributed by atoms with Crippen LogP contribution in [0.1, 0.15) is 5.56 Å². The molecule has 0 saturated carbocycles. The van der Waals surface area contributed by atoms with Crippen molar-refractivity contribution in [1.82, 2.24) is 14.9 Å². The number of aromatic nitrogens is 2. The number of anilines is 6. The highest BCUT2D eigenvalue weighted by atomic mass is 19.4. The second kappa shape index (κ2) is 12.5. The monoisotopic (exact) mass is 595 g/mol. The Morgan fingerprint density at radius 2 is 1.69 bits per heavy atom. The number of carbonyl (C=O) groups excluding carboxylic acids is 1. The van der Waals surface area contributed by atoms with Gasteiger partial charge in [-0.2, -0.15) is 31.3 Å². The Hall–Kier alpha value is -4.53. The summed E-state index contributed by atoms with van der Waals surface area (Å²) in [6, 6.07) is 11.0. The van der Waals surface area contributed by atoms with E-state index in [9.17, 15) is 31.1 Å². The van der Waals surface area contributed by atoms with Crippen LogP contribution in [0.3, 0.4) is 0 Å². The Morgan fingerprint density at radius 3 is 2.33 bits per heavy atom. The number of halogens is 6. The second-order valence-electron chi connectivity index (χ2n) is 9.24. The molecule has 0 spiro atoms. The molecule has 1 fully saturated rings. The zero-order valence-electron chi connectivity index (χ0n) is 22.3. The molecule has 0 unspecified atom stereocenters. The number of ether oxygens (including phenoxy) is 1. The first-order valence-corrected chi connectivity index (χ1v) is 12.6. The molecule has 4 rings (SSSR count). The minimum atomic E-state index is -4.76. The molecule has 3 aromatic rings. The van der Waals surface area contributed by atoms with Crippen LogP contribution in [0, 0.1) is 0 Å². The van der Waals surface area contributed by atoms with Gasteiger partial charge in [0.1, 0.15) is 17.1 Å². The van der Waals surface area contributed by atoms with E-state index in [0.29, 0.717) is 42.1 Å². The third kappa shape index (κ3) is 8.02. The van der Waals surface area contributed by atoms with Gasteiger partial charge in [-0.15, -0.1) is 0 Å². The molecule has 0 bridgehead atoms. The molecule has 15 heteroatoms. The molecule has 1 amide bonds. The molecular formula is C27H27F6N7O2. The van der Waals surface area contributed by atoms with Crippen LogP contribution < -0.4 is 25.6 Å². The number of amides is 1. The molecule has 2 aromatic carbocycles. The van der Waals surface area contributed by atoms with Gasteiger partial charge in [-0.25, -0.2) is 4.98 Å². The van der Waals surface area contributed by atoms with Crippen LogP contribution >= 0.6 is 0 Å². The van der Waals surface area contributed by atoms with Crippen molar-refractivity contribution >= 4 is 40.4 Å². The van der Waals surface area contributed by atoms with Crippen LogP contribution in [0.15, 0.2) is 61.3 Å². The molecule has 0 aliphatic carbocycles. The number of benzene rings is 2. The van der Waals surface area contributed by atoms with Crippen molar-refractivity contribution in [2.24, 2.45) is 0 Å². The van der Waals surface area contributed by atoms with Crippen LogP contribution in [-0.2, 0) is 11.0 Å². The third-order valence-electron chi connectivity index (χ3n) is 6.22. The summed E-state index contributed by atoms with van der Waals surface area (Å²) in [7, 11) is 1.44. The summed E-state index contributed by atoms with van der Waals surface area (Å²) < 4.78 is 84.9. The zero-order chi connectivity index (χ0) is 30.5. The number of nitrogens with one attached hydrogen (secondary N) is 3. The van der Waals surface area contributed by atoms with E-state index in [4.69, 9.17) is 4.74 Å². The molecule has 1 aliphatic heterocycles. The summed E-state index contributed by atoms with van der Waals surface area (Å²) in [5.41, 5.74) is 0.527. The summed E-state index contributed by atoms with van der Waals surface area (Å²) in [6.07, 6.45) is -7.32. The van der Waals surface area contributed by atoms with E-state index in [0.717, 1.165) is 6.08 Å². The summed E-state index contributed by atoms with van der Waals surface area (Å²) in [4.78, 5) is 22.7. The lowest BCUT2D eigenvalue weighted by molar-refractivity contribution is -0.146. The lowest BCUT2D eigenvalue weighted by Gasteiger charge is -2.36. The average Bonchev–Trinajstić information content (AvgIpc) is 2.92. The van der Waals surface area contributed by atoms with Crippen molar-refractivity contribution in [2.45, 2.75) is 12.4 Å². The number of methoxy groups -OCH3 is 1. The van der Waals surface area contributed by atoms with E-state index in [1.54, 1.807) is 30.3 Å². The van der Waals surface area contributed by atoms with Gasteiger partial charge in [-0.1, -0.05) is 12.6 Å². The van der Waals surface area contributed by atoms with E-state index in [-0.39, 0.29) is 24.7 Å². The van der Waals surface area contributed by atoms with Crippen molar-refractivity contribution < 1.29 is 35.9 Å². The van der Waals surface area contributed by atoms with Crippen LogP contribution in [0.4, 0.5) is 60.9 Å². The number of carbonyl (C=O) groups is 1. The summed E-state index contributed by atoms with van der Waals surface area (Å²) in [6.45, 7) is 3.55. The van der Waals surface area contributed by atoms with Gasteiger partial charge in [0.2, 0.25) is 11.9 Å². The highest BCUT2D eigenvalue weighted by Gasteiger charge is 2.36. The molecular weight excluding hydrogens is 568 g/mol. The quantitative estimate of drug-likeness (QED) is 0.211. The maximum atomic E-state index is 13.7. The van der Waals surface area contributed by atoms with Crippen molar-refractivity contribution in [3.05, 3.63) is 66.9 Å². The maximum absolute atomic E-state index is 13.7. The fraction of sp³-hybridized carbons (Fsp3) is 0.296. The van der Waals surface area contributed by atoms with Gasteiger partial charge in [-0.3, -0.25) is 9.69 Å². The first kappa shape index (κ1) is 30.4. The maximum Gasteiger partial charge on any atom is 0.421 e. The second-order valence-corrected chi connectivity index (χ2v) is 9.24. The van der Waals surface area contributed by atoms with Crippen LogP contribution in [0.2, 0.25) is 0 Å². The van der Waals surface area contributed by atoms with E-state index >= 15 is 0 Å². The predicted molar refractivity (Wildman–Crippen MR) is 147 cm³/mol. The molecule has 0 radical (unpaired) electrons. The topological polar surface area (TPSA) is 94.6 Å². The van der Waals surface area contributed by atoms with Gasteiger partial charge < -0.3 is 25.6 Å². The van der Waals surface area contributed by atoms with Crippen LogP contribution in [0.25, 0.3) is 0 Å². The Labute approximate surface area is 237 Å². The molecule has 42 heavy (non-hydrogen) atoms. The summed E-state index contributed by atoms with van der Waals surface area (Å²) in [5, 5.41) is 8.03. The fourth-order valence-corrected chi connectivity index (χ4v) is 4.30. The van der Waals surface area contributed by atoms with E-state index < -0.39 is 36.2 Å². The fourth-order valence-electron chi connectivity index (χ4n) is 4.30. The molecule has 3 N–H and O–H groups in total. The molecule has 224 valence electrons. The first-order chi connectivity index (χ1) is 19.8. The Morgan fingerprint density at radius 1 is 1.00 bits per heavy atom. The first-order valence-electron chi connectivity index (χ1n) is 12.6. The molecule has 1 aromatic heterocycles. The molecule has 2 heterocycles. The minimum Gasteiger partial charge on any atom is -0.495 e. The van der Waals surface area contributed by atoms with Gasteiger partial charge in [0.05, 0.1) is 19.3 Å². The average molecular weight is 596 g/mol. The van der Waals surface area contributed by atoms with Crippen molar-refractivity contribution in [1.29, 1.82) is 0 Å². The van der Waals surface area contributed by atoms with Crippen molar-refractivity contribution in [3.8, 4) is 5.75 Å². The predicted octanol–water partition coefficient (Wildman–Crippen LogP) is 5.80. The number of rotatable bonds is 9. The largest absolute Gasteiger partial charge is 0.495 e. The smallest absolute Gasteiger partial charge is 0.421 e. The number of piperazine rings is 1. The third-order valence-corrected chi connectivity index (χ3v) is 6.22. The number of alkyl halides is 6. The van der Waals surface area contributed by atoms with Gasteiger partial charge in [0.15, 0.2) is 0 Å². The lowest BCUT2D eigenvalue weighted by Crippen LogP contribution is -2.49. The number of hydrogen-bond acceptors (Lipinski definition) is 8. The molecule has 9 nitrogen and oxygen atoms in total. The van der Waals surface area contributed by atoms with Crippen LogP contribution in [0.5, 0.6) is 5.75 Å². The van der Waals surface area contributed by atoms with Gasteiger partial charge >= 0.3 is 12.4 Å². The van der Waals surface area contributed by atoms with Crippen LogP contribution in [-0.4, -0.2) is 66.8 Å². The van der Waals surface area contributed by atoms with Crippen molar-refractivity contribution in [2.75, 3.05) is 60.7 Å². The number of hydrogen-bond donors (Lipinski definition) is 3. The molecule has 0 atom stereocenters. The summed E-state index contributed by atoms with van der Waals surface area (Å²) >= 11 is 0. The SMILES string of the molecule is C=CC(=O)Nc1cccc(Nc2nc(Nc3ccc(N4CCN(CC(F)(F)F)CC4)c(OC)c3)ncc2C(F)(F)F)c1. The van der Waals surface area contributed by atoms with Crippen molar-refractivity contribution in [3.63, 3.8) is 0 Å². The van der Waals surface area contributed by atoms with E-state index in [1.807, 2.05) is 4.90 Å². The van der Waals surface area contributed by atoms with Gasteiger partial charge in [0.25, 0.3) is 0 Å².